The van der Waals surface area contributed by atoms with Gasteiger partial charge < -0.3 is 5.11 Å². The molecule has 5 nitrogen and oxygen atoms in total. The Kier molecular flexibility index (Phi) is 4.69. The molecule has 20 heavy (non-hydrogen) atoms. The maximum Gasteiger partial charge on any atom is 0.240 e. The standard InChI is InChI=1S/C13H19ClN2O3S/c1-10-2-5-13(17,6-3-10)9-16-20(18,19)11-4-7-15-12(14)8-11/h4,7-8,10,16-17H,2-3,5-6,9H2,1H3. The van der Waals surface area contributed by atoms with Gasteiger partial charge in [0.05, 0.1) is 10.5 Å². The smallest absolute Gasteiger partial charge is 0.240 e. The molecule has 1 aromatic heterocycles. The molecule has 0 aromatic carbocycles. The van der Waals surface area contributed by atoms with Crippen molar-refractivity contribution < 1.29 is 13.5 Å². The van der Waals surface area contributed by atoms with Crippen LogP contribution in [0.15, 0.2) is 23.2 Å². The minimum Gasteiger partial charge on any atom is -0.389 e. The van der Waals surface area contributed by atoms with Crippen LogP contribution >= 0.6 is 11.6 Å². The summed E-state index contributed by atoms with van der Waals surface area (Å²) < 4.78 is 26.7. The van der Waals surface area contributed by atoms with E-state index in [9.17, 15) is 13.5 Å². The van der Waals surface area contributed by atoms with Crippen LogP contribution in [0.4, 0.5) is 0 Å². The van der Waals surface area contributed by atoms with E-state index < -0.39 is 15.6 Å². The van der Waals surface area contributed by atoms with Crippen LogP contribution in [0.1, 0.15) is 32.6 Å². The number of nitrogens with one attached hydrogen (secondary N) is 1. The molecular formula is C13H19ClN2O3S. The molecule has 1 saturated carbocycles. The Hall–Kier alpha value is -0.690. The predicted octanol–water partition coefficient (Wildman–Crippen LogP) is 1.95. The highest BCUT2D eigenvalue weighted by Gasteiger charge is 2.33. The number of aliphatic hydroxyl groups is 1. The van der Waals surface area contributed by atoms with Gasteiger partial charge in [-0.2, -0.15) is 0 Å². The second-order valence-corrected chi connectivity index (χ2v) is 7.70. The monoisotopic (exact) mass is 318 g/mol. The van der Waals surface area contributed by atoms with Crippen LogP contribution < -0.4 is 4.72 Å². The van der Waals surface area contributed by atoms with Crippen LogP contribution in [0.3, 0.4) is 0 Å². The van der Waals surface area contributed by atoms with Gasteiger partial charge in [0, 0.05) is 12.7 Å². The lowest BCUT2D eigenvalue weighted by Gasteiger charge is -2.34. The summed E-state index contributed by atoms with van der Waals surface area (Å²) in [6.07, 6.45) is 4.41. The maximum absolute atomic E-state index is 12.1. The third-order valence-corrected chi connectivity index (χ3v) is 5.41. The Morgan fingerprint density at radius 2 is 2.15 bits per heavy atom. The van der Waals surface area contributed by atoms with Gasteiger partial charge >= 0.3 is 0 Å². The second kappa shape index (κ2) is 5.97. The normalized spacial score (nSPS) is 27.4. The summed E-state index contributed by atoms with van der Waals surface area (Å²) in [4.78, 5) is 3.81. The molecule has 0 bridgehead atoms. The van der Waals surface area contributed by atoms with E-state index in [0.717, 1.165) is 12.8 Å². The van der Waals surface area contributed by atoms with E-state index in [0.29, 0.717) is 18.8 Å². The fourth-order valence-corrected chi connectivity index (χ4v) is 3.71. The number of rotatable bonds is 4. The highest BCUT2D eigenvalue weighted by Crippen LogP contribution is 2.31. The zero-order valence-electron chi connectivity index (χ0n) is 11.3. The molecule has 0 spiro atoms. The molecule has 0 unspecified atom stereocenters. The molecular weight excluding hydrogens is 300 g/mol. The van der Waals surface area contributed by atoms with Crippen LogP contribution in [-0.4, -0.2) is 30.7 Å². The van der Waals surface area contributed by atoms with Crippen molar-refractivity contribution in [2.75, 3.05) is 6.54 Å². The van der Waals surface area contributed by atoms with Crippen molar-refractivity contribution in [1.82, 2.24) is 9.71 Å². The van der Waals surface area contributed by atoms with Crippen molar-refractivity contribution in [3.63, 3.8) is 0 Å². The first-order chi connectivity index (χ1) is 9.31. The molecule has 112 valence electrons. The molecule has 2 rings (SSSR count). The first-order valence-electron chi connectivity index (χ1n) is 6.64. The third kappa shape index (κ3) is 3.91. The van der Waals surface area contributed by atoms with Crippen LogP contribution in [0.2, 0.25) is 5.15 Å². The summed E-state index contributed by atoms with van der Waals surface area (Å²) in [6, 6.07) is 2.66. The highest BCUT2D eigenvalue weighted by atomic mass is 35.5. The number of aromatic nitrogens is 1. The molecule has 1 aliphatic carbocycles. The van der Waals surface area contributed by atoms with Crippen molar-refractivity contribution in [2.45, 2.75) is 43.1 Å². The van der Waals surface area contributed by atoms with Crippen molar-refractivity contribution in [3.8, 4) is 0 Å². The van der Waals surface area contributed by atoms with Crippen molar-refractivity contribution >= 4 is 21.6 Å². The molecule has 0 atom stereocenters. The lowest BCUT2D eigenvalue weighted by molar-refractivity contribution is -0.00182. The molecule has 0 saturated heterocycles. The predicted molar refractivity (Wildman–Crippen MR) is 77.0 cm³/mol. The first-order valence-corrected chi connectivity index (χ1v) is 8.50. The average Bonchev–Trinajstić information content (AvgIpc) is 2.41. The Morgan fingerprint density at radius 1 is 1.50 bits per heavy atom. The lowest BCUT2D eigenvalue weighted by atomic mass is 9.80. The maximum atomic E-state index is 12.1. The van der Waals surface area contributed by atoms with E-state index in [-0.39, 0.29) is 16.6 Å². The zero-order chi connectivity index (χ0) is 14.8. The number of sulfonamides is 1. The van der Waals surface area contributed by atoms with Gasteiger partial charge in [-0.3, -0.25) is 0 Å². The van der Waals surface area contributed by atoms with E-state index in [2.05, 4.69) is 16.6 Å². The van der Waals surface area contributed by atoms with Gasteiger partial charge in [0.25, 0.3) is 0 Å². The number of pyridine rings is 1. The van der Waals surface area contributed by atoms with Crippen LogP contribution in [0, 0.1) is 5.92 Å². The van der Waals surface area contributed by atoms with E-state index in [1.807, 2.05) is 0 Å². The summed E-state index contributed by atoms with van der Waals surface area (Å²) in [5, 5.41) is 10.5. The Balaban J connectivity index is 2.03. The SMILES string of the molecule is CC1CCC(O)(CNS(=O)(=O)c2ccnc(Cl)c2)CC1. The number of hydrogen-bond donors (Lipinski definition) is 2. The Bertz CT molecular complexity index is 569. The molecule has 1 fully saturated rings. The molecule has 0 amide bonds. The van der Waals surface area contributed by atoms with Gasteiger partial charge in [-0.05, 0) is 43.7 Å². The minimum atomic E-state index is -3.67. The van der Waals surface area contributed by atoms with Gasteiger partial charge in [0.1, 0.15) is 5.15 Å². The summed E-state index contributed by atoms with van der Waals surface area (Å²) in [5.41, 5.74) is -0.948. The quantitative estimate of drug-likeness (QED) is 0.832. The number of halogens is 1. The topological polar surface area (TPSA) is 79.3 Å². The molecule has 1 heterocycles. The Labute approximate surface area is 124 Å². The summed E-state index contributed by atoms with van der Waals surface area (Å²) in [5.74, 6) is 0.589. The van der Waals surface area contributed by atoms with Crippen LogP contribution in [0.5, 0.6) is 0 Å². The summed E-state index contributed by atoms with van der Waals surface area (Å²) in [6.45, 7) is 2.17. The number of nitrogens with zero attached hydrogens (tertiary/aromatic N) is 1. The molecule has 1 aliphatic rings. The molecule has 1 aromatic rings. The van der Waals surface area contributed by atoms with E-state index >= 15 is 0 Å². The van der Waals surface area contributed by atoms with Crippen molar-refractivity contribution in [3.05, 3.63) is 23.5 Å². The van der Waals surface area contributed by atoms with Gasteiger partial charge in [-0.15, -0.1) is 0 Å². The van der Waals surface area contributed by atoms with E-state index in [1.165, 1.54) is 18.3 Å². The third-order valence-electron chi connectivity index (χ3n) is 3.80. The first kappa shape index (κ1) is 15.7. The fourth-order valence-electron chi connectivity index (χ4n) is 2.34. The van der Waals surface area contributed by atoms with Crippen LogP contribution in [0.25, 0.3) is 0 Å². The molecule has 7 heteroatoms. The van der Waals surface area contributed by atoms with Gasteiger partial charge in [-0.1, -0.05) is 18.5 Å². The fraction of sp³-hybridized carbons (Fsp3) is 0.615. The highest BCUT2D eigenvalue weighted by molar-refractivity contribution is 7.89. The average molecular weight is 319 g/mol. The second-order valence-electron chi connectivity index (χ2n) is 5.55. The lowest BCUT2D eigenvalue weighted by Crippen LogP contribution is -2.45. The van der Waals surface area contributed by atoms with Gasteiger partial charge in [-0.25, -0.2) is 18.1 Å². The summed E-state index contributed by atoms with van der Waals surface area (Å²) >= 11 is 5.69. The van der Waals surface area contributed by atoms with Crippen molar-refractivity contribution in [2.24, 2.45) is 5.92 Å². The van der Waals surface area contributed by atoms with E-state index in [1.54, 1.807) is 0 Å². The minimum absolute atomic E-state index is 0.0298. The van der Waals surface area contributed by atoms with Crippen molar-refractivity contribution in [1.29, 1.82) is 0 Å². The Morgan fingerprint density at radius 3 is 2.75 bits per heavy atom. The van der Waals surface area contributed by atoms with Gasteiger partial charge in [0.15, 0.2) is 0 Å². The largest absolute Gasteiger partial charge is 0.389 e. The summed E-state index contributed by atoms with van der Waals surface area (Å²) in [7, 11) is -3.67. The zero-order valence-corrected chi connectivity index (χ0v) is 12.9. The molecule has 0 radical (unpaired) electrons. The molecule has 0 aliphatic heterocycles. The van der Waals surface area contributed by atoms with E-state index in [4.69, 9.17) is 11.6 Å². The van der Waals surface area contributed by atoms with Crippen LogP contribution in [-0.2, 0) is 10.0 Å². The van der Waals surface area contributed by atoms with Gasteiger partial charge in [0.2, 0.25) is 10.0 Å². The number of hydrogen-bond acceptors (Lipinski definition) is 4. The molecule has 2 N–H and O–H groups in total.